The summed E-state index contributed by atoms with van der Waals surface area (Å²) in [4.78, 5) is 24.8. The highest BCUT2D eigenvalue weighted by molar-refractivity contribution is 7.89. The molecule has 1 aromatic rings. The molecule has 3 saturated carbocycles. The highest BCUT2D eigenvalue weighted by Gasteiger charge is 2.58. The highest BCUT2D eigenvalue weighted by atomic mass is 32.2. The number of aliphatic hydroxyl groups excluding tert-OH is 1. The van der Waals surface area contributed by atoms with Crippen molar-refractivity contribution >= 4 is 21.8 Å². The van der Waals surface area contributed by atoms with Gasteiger partial charge in [0, 0.05) is 11.8 Å². The molecule has 3 fully saturated rings. The molecule has 0 bridgehead atoms. The summed E-state index contributed by atoms with van der Waals surface area (Å²) < 4.78 is 29.3. The van der Waals surface area contributed by atoms with E-state index in [9.17, 15) is 23.1 Å². The van der Waals surface area contributed by atoms with Crippen LogP contribution in [0, 0.1) is 29.1 Å². The van der Waals surface area contributed by atoms with Crippen LogP contribution in [-0.2, 0) is 19.6 Å². The Labute approximate surface area is 194 Å². The molecule has 0 amide bonds. The zero-order valence-corrected chi connectivity index (χ0v) is 19.6. The first-order valence-corrected chi connectivity index (χ1v) is 13.4. The number of ether oxygens (including phenoxy) is 1. The summed E-state index contributed by atoms with van der Waals surface area (Å²) in [5.74, 6) is 1.12. The van der Waals surface area contributed by atoms with Crippen molar-refractivity contribution in [2.24, 2.45) is 34.2 Å². The van der Waals surface area contributed by atoms with Crippen LogP contribution in [0.1, 0.15) is 68.6 Å². The molecule has 4 aliphatic rings. The van der Waals surface area contributed by atoms with Crippen molar-refractivity contribution < 1.29 is 27.9 Å². The molecule has 0 heterocycles. The molecule has 0 spiro atoms. The van der Waals surface area contributed by atoms with E-state index in [-0.39, 0.29) is 33.5 Å². The normalized spacial score (nSPS) is 36.1. The number of primary sulfonamides is 1. The van der Waals surface area contributed by atoms with Crippen LogP contribution in [0.3, 0.4) is 0 Å². The fourth-order valence-electron chi connectivity index (χ4n) is 7.41. The molecule has 7 nitrogen and oxygen atoms in total. The summed E-state index contributed by atoms with van der Waals surface area (Å²) in [6.45, 7) is 2.23. The topological polar surface area (TPSA) is 124 Å². The molecule has 33 heavy (non-hydrogen) atoms. The predicted octanol–water partition coefficient (Wildman–Crippen LogP) is 3.89. The van der Waals surface area contributed by atoms with E-state index < -0.39 is 16.0 Å². The Bertz CT molecular complexity index is 1140. The van der Waals surface area contributed by atoms with Gasteiger partial charge in [0.25, 0.3) is 0 Å². The van der Waals surface area contributed by atoms with Crippen molar-refractivity contribution in [3.8, 4) is 0 Å². The minimum Gasteiger partial charge on any atom is -0.504 e. The third kappa shape index (κ3) is 3.71. The van der Waals surface area contributed by atoms with Crippen LogP contribution in [0.5, 0.6) is 0 Å². The molecule has 8 heteroatoms. The van der Waals surface area contributed by atoms with Gasteiger partial charge in [-0.2, -0.15) is 0 Å². The van der Waals surface area contributed by atoms with Gasteiger partial charge in [-0.3, -0.25) is 4.79 Å². The number of allylic oxidation sites excluding steroid dienone is 1. The third-order valence-electron chi connectivity index (χ3n) is 9.02. The lowest BCUT2D eigenvalue weighted by Gasteiger charge is -2.53. The average Bonchev–Trinajstić information content (AvgIpc) is 3.11. The molecular weight excluding hydrogens is 442 g/mol. The Morgan fingerprint density at radius 1 is 1.12 bits per heavy atom. The zero-order valence-electron chi connectivity index (χ0n) is 18.8. The molecule has 0 radical (unpaired) electrons. The van der Waals surface area contributed by atoms with Crippen LogP contribution in [-0.4, -0.2) is 31.4 Å². The predicted molar refractivity (Wildman–Crippen MR) is 121 cm³/mol. The second-order valence-corrected chi connectivity index (χ2v) is 12.1. The van der Waals surface area contributed by atoms with E-state index in [1.807, 2.05) is 0 Å². The summed E-state index contributed by atoms with van der Waals surface area (Å²) in [6.07, 6.45) is 6.52. The lowest BCUT2D eigenvalue weighted by molar-refractivity contribution is -0.120. The second kappa shape index (κ2) is 7.94. The number of rotatable bonds is 3. The number of nitrogens with two attached hydrogens (primary N) is 1. The zero-order chi connectivity index (χ0) is 23.5. The summed E-state index contributed by atoms with van der Waals surface area (Å²) >= 11 is 0. The highest BCUT2D eigenvalue weighted by Crippen LogP contribution is 2.62. The minimum absolute atomic E-state index is 0.0259. The SMILES string of the molecule is C[C@]12CCC3C4CCC(=O)C(O)=C4CCC3C1CC[C@@H]2OC(=O)c1cccc(S(N)(=O)=O)c1. The van der Waals surface area contributed by atoms with Gasteiger partial charge in [-0.05, 0) is 92.4 Å². The fourth-order valence-corrected chi connectivity index (χ4v) is 7.97. The van der Waals surface area contributed by atoms with E-state index >= 15 is 0 Å². The number of benzene rings is 1. The number of aliphatic hydroxyl groups is 1. The van der Waals surface area contributed by atoms with E-state index in [0.717, 1.165) is 50.5 Å². The first-order chi connectivity index (χ1) is 15.6. The number of fused-ring (bicyclic) bond motifs is 5. The maximum absolute atomic E-state index is 12.9. The molecule has 1 aromatic carbocycles. The largest absolute Gasteiger partial charge is 0.504 e. The minimum atomic E-state index is -3.90. The smallest absolute Gasteiger partial charge is 0.338 e. The Morgan fingerprint density at radius 3 is 2.67 bits per heavy atom. The molecule has 6 atom stereocenters. The van der Waals surface area contributed by atoms with Crippen molar-refractivity contribution in [2.45, 2.75) is 69.3 Å². The van der Waals surface area contributed by atoms with Crippen LogP contribution in [0.15, 0.2) is 40.5 Å². The first-order valence-electron chi connectivity index (χ1n) is 11.9. The summed E-state index contributed by atoms with van der Waals surface area (Å²) in [5, 5.41) is 15.6. The number of sulfonamides is 1. The molecule has 3 N–H and O–H groups in total. The lowest BCUT2D eigenvalue weighted by Crippen LogP contribution is -2.48. The first kappa shape index (κ1) is 22.6. The molecule has 178 valence electrons. The van der Waals surface area contributed by atoms with Gasteiger partial charge < -0.3 is 9.84 Å². The van der Waals surface area contributed by atoms with Crippen molar-refractivity contribution in [2.75, 3.05) is 0 Å². The molecular formula is C25H31NO6S. The van der Waals surface area contributed by atoms with Gasteiger partial charge in [0.05, 0.1) is 10.5 Å². The Hall–Kier alpha value is -2.19. The van der Waals surface area contributed by atoms with Gasteiger partial charge in [0.2, 0.25) is 10.0 Å². The second-order valence-electron chi connectivity index (χ2n) is 10.5. The van der Waals surface area contributed by atoms with Crippen LogP contribution < -0.4 is 5.14 Å². The van der Waals surface area contributed by atoms with Crippen molar-refractivity contribution in [3.63, 3.8) is 0 Å². The Balaban J connectivity index is 1.34. The number of hydrogen-bond donors (Lipinski definition) is 2. The standard InChI is InChI=1S/C25H31NO6S/c1-25-12-11-17-16-7-9-21(27)23(28)19(16)6-5-18(17)20(25)8-10-22(25)32-24(29)14-3-2-4-15(13-14)33(26,30)31/h2-4,13,16-18,20,22,28H,5-12H2,1H3,(H2,26,30,31)/t16?,17?,18?,20?,22-,25-/m0/s1. The lowest BCUT2D eigenvalue weighted by atomic mass is 9.52. The number of hydrogen-bond acceptors (Lipinski definition) is 6. The maximum atomic E-state index is 12.9. The van der Waals surface area contributed by atoms with Crippen LogP contribution in [0.4, 0.5) is 0 Å². The molecule has 0 saturated heterocycles. The van der Waals surface area contributed by atoms with E-state index in [1.165, 1.54) is 18.2 Å². The number of esters is 1. The summed E-state index contributed by atoms with van der Waals surface area (Å²) in [7, 11) is -3.90. The van der Waals surface area contributed by atoms with Crippen LogP contribution in [0.2, 0.25) is 0 Å². The number of ketones is 1. The van der Waals surface area contributed by atoms with Crippen molar-refractivity contribution in [1.82, 2.24) is 0 Å². The van der Waals surface area contributed by atoms with Gasteiger partial charge >= 0.3 is 5.97 Å². The van der Waals surface area contributed by atoms with E-state index in [4.69, 9.17) is 9.88 Å². The molecule has 4 aliphatic carbocycles. The van der Waals surface area contributed by atoms with Gasteiger partial charge in [-0.15, -0.1) is 0 Å². The van der Waals surface area contributed by atoms with E-state index in [1.54, 1.807) is 6.07 Å². The molecule has 0 aliphatic heterocycles. The number of carbonyl (C=O) groups is 2. The monoisotopic (exact) mass is 473 g/mol. The molecule has 4 unspecified atom stereocenters. The van der Waals surface area contributed by atoms with Gasteiger partial charge in [-0.25, -0.2) is 18.4 Å². The average molecular weight is 474 g/mol. The quantitative estimate of drug-likeness (QED) is 0.642. The summed E-state index contributed by atoms with van der Waals surface area (Å²) in [5.41, 5.74) is 1.05. The van der Waals surface area contributed by atoms with Gasteiger partial charge in [0.1, 0.15) is 6.10 Å². The van der Waals surface area contributed by atoms with Crippen molar-refractivity contribution in [3.05, 3.63) is 41.2 Å². The molecule has 0 aromatic heterocycles. The summed E-state index contributed by atoms with van der Waals surface area (Å²) in [6, 6.07) is 5.69. The van der Waals surface area contributed by atoms with Crippen LogP contribution >= 0.6 is 0 Å². The number of Topliss-reactive ketones (excluding diaryl/α,β-unsaturated/α-hetero) is 1. The molecule has 5 rings (SSSR count). The fraction of sp³-hybridized carbons (Fsp3) is 0.600. The van der Waals surface area contributed by atoms with Gasteiger partial charge in [-0.1, -0.05) is 13.0 Å². The van der Waals surface area contributed by atoms with E-state index in [2.05, 4.69) is 6.92 Å². The Kier molecular flexibility index (Phi) is 5.44. The van der Waals surface area contributed by atoms with Crippen LogP contribution in [0.25, 0.3) is 0 Å². The van der Waals surface area contributed by atoms with E-state index in [0.29, 0.717) is 30.1 Å². The maximum Gasteiger partial charge on any atom is 0.338 e. The third-order valence-corrected chi connectivity index (χ3v) is 9.93. The van der Waals surface area contributed by atoms with Crippen molar-refractivity contribution in [1.29, 1.82) is 0 Å². The van der Waals surface area contributed by atoms with Gasteiger partial charge in [0.15, 0.2) is 11.5 Å². The number of carbonyl (C=O) groups excluding carboxylic acids is 2. The Morgan fingerprint density at radius 2 is 1.91 bits per heavy atom.